The van der Waals surface area contributed by atoms with Crippen molar-refractivity contribution in [1.82, 2.24) is 20.0 Å². The van der Waals surface area contributed by atoms with Gasteiger partial charge in [-0.05, 0) is 56.0 Å². The van der Waals surface area contributed by atoms with E-state index in [0.29, 0.717) is 11.3 Å². The van der Waals surface area contributed by atoms with Crippen LogP contribution in [-0.4, -0.2) is 39.6 Å². The molecule has 4 rings (SSSR count). The Morgan fingerprint density at radius 2 is 1.79 bits per heavy atom. The van der Waals surface area contributed by atoms with E-state index in [1.807, 2.05) is 4.90 Å². The molecule has 1 saturated heterocycles. The van der Waals surface area contributed by atoms with Gasteiger partial charge < -0.3 is 10.2 Å². The Bertz CT molecular complexity index is 1250. The number of aryl methyl sites for hydroxylation is 1. The summed E-state index contributed by atoms with van der Waals surface area (Å²) in [6.07, 6.45) is 3.16. The molecular formula is C25H25FN4O3. The molecule has 7 nitrogen and oxygen atoms in total. The Labute approximate surface area is 190 Å². The number of para-hydroxylation sites is 1. The minimum atomic E-state index is -0.669. The lowest BCUT2D eigenvalue weighted by atomic mass is 10.1. The van der Waals surface area contributed by atoms with E-state index >= 15 is 0 Å². The van der Waals surface area contributed by atoms with Gasteiger partial charge in [-0.25, -0.2) is 9.07 Å². The van der Waals surface area contributed by atoms with Crippen molar-refractivity contribution >= 4 is 11.8 Å². The summed E-state index contributed by atoms with van der Waals surface area (Å²) in [6.45, 7) is 3.25. The number of carbonyl (C=O) groups is 2. The first-order valence-corrected chi connectivity index (χ1v) is 11.0. The van der Waals surface area contributed by atoms with Crippen LogP contribution < -0.4 is 10.7 Å². The number of carbonyl (C=O) groups excluding carboxylic acids is 2. The second kappa shape index (κ2) is 9.77. The number of amides is 2. The zero-order chi connectivity index (χ0) is 23.4. The average molecular weight is 448 g/mol. The SMILES string of the molecule is Cc1cc(=O)c(C(=O)NCc2cccc(C(=O)N3CCCCC3)c2)nn1-c1ccccc1F. The molecule has 1 N–H and O–H groups in total. The maximum atomic E-state index is 14.2. The van der Waals surface area contributed by atoms with E-state index in [0.717, 1.165) is 37.9 Å². The molecule has 2 amide bonds. The number of hydrogen-bond donors (Lipinski definition) is 1. The summed E-state index contributed by atoms with van der Waals surface area (Å²) in [7, 11) is 0. The minimum absolute atomic E-state index is 0.0177. The van der Waals surface area contributed by atoms with Crippen LogP contribution in [0.15, 0.2) is 59.4 Å². The molecule has 1 aliphatic rings. The number of nitrogens with one attached hydrogen (secondary N) is 1. The highest BCUT2D eigenvalue weighted by Gasteiger charge is 2.19. The van der Waals surface area contributed by atoms with Gasteiger partial charge in [0.1, 0.15) is 11.5 Å². The lowest BCUT2D eigenvalue weighted by Crippen LogP contribution is -2.35. The molecule has 0 radical (unpaired) electrons. The maximum Gasteiger partial charge on any atom is 0.276 e. The third-order valence-electron chi connectivity index (χ3n) is 5.67. The molecule has 1 aliphatic heterocycles. The molecule has 0 saturated carbocycles. The van der Waals surface area contributed by atoms with Crippen LogP contribution in [0.5, 0.6) is 0 Å². The van der Waals surface area contributed by atoms with Gasteiger partial charge in [0.25, 0.3) is 11.8 Å². The van der Waals surface area contributed by atoms with Gasteiger partial charge in [0.15, 0.2) is 5.69 Å². The van der Waals surface area contributed by atoms with E-state index in [-0.39, 0.29) is 23.8 Å². The molecule has 0 aliphatic carbocycles. The molecule has 0 spiro atoms. The summed E-state index contributed by atoms with van der Waals surface area (Å²) in [5.74, 6) is -1.20. The quantitative estimate of drug-likeness (QED) is 0.650. The van der Waals surface area contributed by atoms with Crippen molar-refractivity contribution in [1.29, 1.82) is 0 Å². The molecule has 2 aromatic carbocycles. The topological polar surface area (TPSA) is 84.3 Å². The van der Waals surface area contributed by atoms with Crippen LogP contribution in [0, 0.1) is 12.7 Å². The summed E-state index contributed by atoms with van der Waals surface area (Å²) in [6, 6.07) is 14.3. The van der Waals surface area contributed by atoms with Crippen molar-refractivity contribution in [2.75, 3.05) is 13.1 Å². The first kappa shape index (κ1) is 22.4. The Morgan fingerprint density at radius 3 is 2.55 bits per heavy atom. The third-order valence-corrected chi connectivity index (χ3v) is 5.67. The number of piperidine rings is 1. The van der Waals surface area contributed by atoms with E-state index in [1.54, 1.807) is 43.3 Å². The molecule has 1 aromatic heterocycles. The molecule has 2 heterocycles. The van der Waals surface area contributed by atoms with Gasteiger partial charge in [0.05, 0.1) is 0 Å². The monoisotopic (exact) mass is 448 g/mol. The Hall–Kier alpha value is -3.81. The second-order valence-electron chi connectivity index (χ2n) is 8.10. The Kier molecular flexibility index (Phi) is 6.63. The van der Waals surface area contributed by atoms with Gasteiger partial charge in [-0.15, -0.1) is 0 Å². The Balaban J connectivity index is 1.50. The van der Waals surface area contributed by atoms with Gasteiger partial charge in [-0.1, -0.05) is 24.3 Å². The highest BCUT2D eigenvalue weighted by molar-refractivity contribution is 5.94. The Morgan fingerprint density at radius 1 is 1.03 bits per heavy atom. The van der Waals surface area contributed by atoms with Crippen molar-refractivity contribution in [2.45, 2.75) is 32.7 Å². The standard InChI is InChI=1S/C25H25FN4O3/c1-17-14-22(31)23(28-30(17)21-11-4-3-10-20(21)26)24(32)27-16-18-8-7-9-19(15-18)25(33)29-12-5-2-6-13-29/h3-4,7-11,14-15H,2,5-6,12-13,16H2,1H3,(H,27,32). The van der Waals surface area contributed by atoms with E-state index in [9.17, 15) is 18.8 Å². The van der Waals surface area contributed by atoms with E-state index in [1.165, 1.54) is 22.9 Å². The zero-order valence-electron chi connectivity index (χ0n) is 18.4. The van der Waals surface area contributed by atoms with Crippen molar-refractivity contribution < 1.29 is 14.0 Å². The fourth-order valence-electron chi connectivity index (χ4n) is 3.93. The van der Waals surface area contributed by atoms with Crippen LogP contribution >= 0.6 is 0 Å². The van der Waals surface area contributed by atoms with Crippen LogP contribution in [0.4, 0.5) is 4.39 Å². The molecule has 170 valence electrons. The van der Waals surface area contributed by atoms with E-state index < -0.39 is 17.2 Å². The van der Waals surface area contributed by atoms with Crippen LogP contribution in [0.25, 0.3) is 5.69 Å². The predicted molar refractivity (Wildman–Crippen MR) is 122 cm³/mol. The fourth-order valence-corrected chi connectivity index (χ4v) is 3.93. The van der Waals surface area contributed by atoms with Crippen LogP contribution in [0.1, 0.15) is 51.4 Å². The molecule has 0 bridgehead atoms. The smallest absolute Gasteiger partial charge is 0.276 e. The molecule has 3 aromatic rings. The first-order valence-electron chi connectivity index (χ1n) is 11.0. The van der Waals surface area contributed by atoms with Crippen LogP contribution in [-0.2, 0) is 6.54 Å². The zero-order valence-corrected chi connectivity index (χ0v) is 18.4. The highest BCUT2D eigenvalue weighted by atomic mass is 19.1. The number of likely N-dealkylation sites (tertiary alicyclic amines) is 1. The number of hydrogen-bond acceptors (Lipinski definition) is 4. The van der Waals surface area contributed by atoms with Crippen LogP contribution in [0.3, 0.4) is 0 Å². The van der Waals surface area contributed by atoms with Crippen molar-refractivity contribution in [3.8, 4) is 5.69 Å². The number of benzene rings is 2. The average Bonchev–Trinajstić information content (AvgIpc) is 2.83. The fraction of sp³-hybridized carbons (Fsp3) is 0.280. The number of nitrogens with zero attached hydrogens (tertiary/aromatic N) is 3. The number of halogens is 1. The van der Waals surface area contributed by atoms with Crippen molar-refractivity contribution in [3.63, 3.8) is 0 Å². The number of aromatic nitrogens is 2. The maximum absolute atomic E-state index is 14.2. The summed E-state index contributed by atoms with van der Waals surface area (Å²) in [4.78, 5) is 39.7. The van der Waals surface area contributed by atoms with Gasteiger partial charge in [0.2, 0.25) is 5.43 Å². The molecule has 1 fully saturated rings. The molecule has 0 unspecified atom stereocenters. The van der Waals surface area contributed by atoms with Gasteiger partial charge in [0, 0.05) is 37.0 Å². The van der Waals surface area contributed by atoms with E-state index in [4.69, 9.17) is 0 Å². The lowest BCUT2D eigenvalue weighted by molar-refractivity contribution is 0.0724. The van der Waals surface area contributed by atoms with E-state index in [2.05, 4.69) is 10.4 Å². The highest BCUT2D eigenvalue weighted by Crippen LogP contribution is 2.15. The summed E-state index contributed by atoms with van der Waals surface area (Å²) in [5.41, 5.74) is 0.973. The van der Waals surface area contributed by atoms with Crippen LogP contribution in [0.2, 0.25) is 0 Å². The molecule has 33 heavy (non-hydrogen) atoms. The summed E-state index contributed by atoms with van der Waals surface area (Å²) >= 11 is 0. The summed E-state index contributed by atoms with van der Waals surface area (Å²) < 4.78 is 15.5. The van der Waals surface area contributed by atoms with Crippen molar-refractivity contribution in [3.05, 3.63) is 93.2 Å². The normalized spacial score (nSPS) is 13.6. The van der Waals surface area contributed by atoms with Gasteiger partial charge in [-0.3, -0.25) is 14.4 Å². The first-order chi connectivity index (χ1) is 15.9. The molecule has 0 atom stereocenters. The largest absolute Gasteiger partial charge is 0.346 e. The minimum Gasteiger partial charge on any atom is -0.346 e. The number of rotatable bonds is 5. The molecular weight excluding hydrogens is 423 g/mol. The lowest BCUT2D eigenvalue weighted by Gasteiger charge is -2.26. The predicted octanol–water partition coefficient (Wildman–Crippen LogP) is 3.24. The van der Waals surface area contributed by atoms with Gasteiger partial charge in [-0.2, -0.15) is 5.10 Å². The summed E-state index contributed by atoms with van der Waals surface area (Å²) in [5, 5.41) is 6.79. The molecule has 8 heteroatoms. The van der Waals surface area contributed by atoms with Crippen molar-refractivity contribution in [2.24, 2.45) is 0 Å². The van der Waals surface area contributed by atoms with Gasteiger partial charge >= 0.3 is 0 Å². The third kappa shape index (κ3) is 5.00. The second-order valence-corrected chi connectivity index (χ2v) is 8.10.